The normalized spacial score (nSPS) is 10.2. The van der Waals surface area contributed by atoms with Gasteiger partial charge in [0.05, 0.1) is 12.1 Å². The zero-order chi connectivity index (χ0) is 11.2. The van der Waals surface area contributed by atoms with Gasteiger partial charge in [-0.05, 0) is 17.9 Å². The molecule has 0 aliphatic carbocycles. The fourth-order valence-electron chi connectivity index (χ4n) is 1.33. The van der Waals surface area contributed by atoms with E-state index in [1.807, 2.05) is 11.4 Å². The molecule has 2 aromatic heterocycles. The smallest absolute Gasteiger partial charge is 0.226 e. The molecule has 1 N–H and O–H groups in total. The number of carbonyl (C=O) groups is 1. The summed E-state index contributed by atoms with van der Waals surface area (Å²) in [6.07, 6.45) is 3.97. The summed E-state index contributed by atoms with van der Waals surface area (Å²) in [7, 11) is 0. The van der Waals surface area contributed by atoms with E-state index in [9.17, 15) is 4.79 Å². The Bertz CT molecular complexity index is 423. The lowest BCUT2D eigenvalue weighted by atomic mass is 10.3. The average Bonchev–Trinajstić information content (AvgIpc) is 2.90. The van der Waals surface area contributed by atoms with Gasteiger partial charge in [-0.25, -0.2) is 4.98 Å². The molecule has 0 unspecified atom stereocenters. The number of hydrogen-bond donors (Lipinski definition) is 1. The fraction of sp³-hybridized carbons (Fsp3) is 0.273. The third kappa shape index (κ3) is 3.20. The van der Waals surface area contributed by atoms with Gasteiger partial charge in [-0.15, -0.1) is 11.3 Å². The van der Waals surface area contributed by atoms with E-state index in [0.29, 0.717) is 12.2 Å². The van der Waals surface area contributed by atoms with Gasteiger partial charge in [-0.2, -0.15) is 0 Å². The number of thiophene rings is 1. The quantitative estimate of drug-likeness (QED) is 0.858. The maximum Gasteiger partial charge on any atom is 0.226 e. The Morgan fingerprint density at radius 1 is 1.56 bits per heavy atom. The molecule has 2 heterocycles. The van der Waals surface area contributed by atoms with Crippen molar-refractivity contribution < 1.29 is 9.21 Å². The molecule has 84 valence electrons. The minimum absolute atomic E-state index is 0.0227. The molecule has 2 rings (SSSR count). The third-order valence-corrected chi connectivity index (χ3v) is 3.03. The second kappa shape index (κ2) is 5.46. The van der Waals surface area contributed by atoms with Crippen LogP contribution >= 0.6 is 11.3 Å². The average molecular weight is 236 g/mol. The van der Waals surface area contributed by atoms with E-state index in [1.165, 1.54) is 17.5 Å². The van der Waals surface area contributed by atoms with Gasteiger partial charge in [0, 0.05) is 11.4 Å². The van der Waals surface area contributed by atoms with Crippen molar-refractivity contribution >= 4 is 17.2 Å². The van der Waals surface area contributed by atoms with Crippen LogP contribution in [-0.2, 0) is 17.6 Å². The molecule has 4 nitrogen and oxygen atoms in total. The molecule has 0 spiro atoms. The molecular weight excluding hydrogens is 224 g/mol. The van der Waals surface area contributed by atoms with Crippen LogP contribution in [0.3, 0.4) is 0 Å². The summed E-state index contributed by atoms with van der Waals surface area (Å²) in [5, 5.41) is 4.88. The first kappa shape index (κ1) is 10.9. The number of oxazole rings is 1. The number of rotatable bonds is 5. The van der Waals surface area contributed by atoms with E-state index in [2.05, 4.69) is 16.4 Å². The molecule has 0 atom stereocenters. The van der Waals surface area contributed by atoms with Crippen molar-refractivity contribution in [2.24, 2.45) is 0 Å². The highest BCUT2D eigenvalue weighted by Crippen LogP contribution is 2.08. The summed E-state index contributed by atoms with van der Waals surface area (Å²) in [4.78, 5) is 16.6. The predicted octanol–water partition coefficient (Wildman–Crippen LogP) is 1.64. The highest BCUT2D eigenvalue weighted by Gasteiger charge is 2.04. The molecule has 0 aliphatic heterocycles. The van der Waals surface area contributed by atoms with Crippen molar-refractivity contribution in [2.75, 3.05) is 6.54 Å². The first-order valence-electron chi connectivity index (χ1n) is 5.01. The molecule has 1 amide bonds. The van der Waals surface area contributed by atoms with Crippen molar-refractivity contribution in [3.8, 4) is 0 Å². The van der Waals surface area contributed by atoms with Crippen molar-refractivity contribution in [1.82, 2.24) is 10.3 Å². The van der Waals surface area contributed by atoms with Crippen LogP contribution in [0.15, 0.2) is 34.6 Å². The Hall–Kier alpha value is -1.62. The maximum absolute atomic E-state index is 11.4. The van der Waals surface area contributed by atoms with Crippen LogP contribution in [0.2, 0.25) is 0 Å². The second-order valence-electron chi connectivity index (χ2n) is 3.34. The van der Waals surface area contributed by atoms with Crippen molar-refractivity contribution in [3.05, 3.63) is 40.7 Å². The third-order valence-electron chi connectivity index (χ3n) is 2.10. The fourth-order valence-corrected chi connectivity index (χ4v) is 2.04. The SMILES string of the molecule is O=C(Cc1cocn1)NCCc1cccs1. The number of carbonyl (C=O) groups excluding carboxylic acids is 1. The number of amides is 1. The lowest BCUT2D eigenvalue weighted by Crippen LogP contribution is -2.27. The number of nitrogens with one attached hydrogen (secondary N) is 1. The monoisotopic (exact) mass is 236 g/mol. The Labute approximate surface area is 97.3 Å². The zero-order valence-corrected chi connectivity index (χ0v) is 9.50. The van der Waals surface area contributed by atoms with E-state index in [1.54, 1.807) is 11.3 Å². The molecule has 0 radical (unpaired) electrons. The molecule has 5 heteroatoms. The summed E-state index contributed by atoms with van der Waals surface area (Å²) in [5.74, 6) is -0.0227. The lowest BCUT2D eigenvalue weighted by Gasteiger charge is -2.01. The zero-order valence-electron chi connectivity index (χ0n) is 8.68. The number of aromatic nitrogens is 1. The van der Waals surface area contributed by atoms with E-state index in [0.717, 1.165) is 6.42 Å². The van der Waals surface area contributed by atoms with Crippen molar-refractivity contribution in [2.45, 2.75) is 12.8 Å². The van der Waals surface area contributed by atoms with Gasteiger partial charge in [0.1, 0.15) is 6.26 Å². The van der Waals surface area contributed by atoms with Crippen LogP contribution in [-0.4, -0.2) is 17.4 Å². The highest BCUT2D eigenvalue weighted by atomic mass is 32.1. The molecule has 0 bridgehead atoms. The number of nitrogens with zero attached hydrogens (tertiary/aromatic N) is 1. The molecule has 2 aromatic rings. The maximum atomic E-state index is 11.4. The molecule has 0 saturated carbocycles. The minimum atomic E-state index is -0.0227. The van der Waals surface area contributed by atoms with Gasteiger partial charge in [-0.3, -0.25) is 4.79 Å². The molecule has 0 saturated heterocycles. The van der Waals surface area contributed by atoms with Gasteiger partial charge in [-0.1, -0.05) is 6.07 Å². The van der Waals surface area contributed by atoms with Gasteiger partial charge >= 0.3 is 0 Å². The minimum Gasteiger partial charge on any atom is -0.451 e. The van der Waals surface area contributed by atoms with E-state index in [4.69, 9.17) is 4.42 Å². The summed E-state index contributed by atoms with van der Waals surface area (Å²) in [6.45, 7) is 0.664. The standard InChI is InChI=1S/C11H12N2O2S/c14-11(6-9-7-15-8-13-9)12-4-3-10-2-1-5-16-10/h1-2,5,7-8H,3-4,6H2,(H,12,14). The lowest BCUT2D eigenvalue weighted by molar-refractivity contribution is -0.120. The van der Waals surface area contributed by atoms with E-state index in [-0.39, 0.29) is 12.3 Å². The Balaban J connectivity index is 1.68. The van der Waals surface area contributed by atoms with Crippen molar-refractivity contribution in [3.63, 3.8) is 0 Å². The Kier molecular flexibility index (Phi) is 3.71. The van der Waals surface area contributed by atoms with Gasteiger partial charge in [0.2, 0.25) is 5.91 Å². The Morgan fingerprint density at radius 2 is 2.50 bits per heavy atom. The summed E-state index contributed by atoms with van der Waals surface area (Å²) < 4.78 is 4.79. The molecule has 0 fully saturated rings. The van der Waals surface area contributed by atoms with Gasteiger partial charge in [0.15, 0.2) is 6.39 Å². The molecule has 0 aromatic carbocycles. The van der Waals surface area contributed by atoms with Crippen LogP contribution < -0.4 is 5.32 Å². The van der Waals surface area contributed by atoms with Crippen molar-refractivity contribution in [1.29, 1.82) is 0 Å². The van der Waals surface area contributed by atoms with Crippen LogP contribution in [0.4, 0.5) is 0 Å². The van der Waals surface area contributed by atoms with Crippen LogP contribution in [0.25, 0.3) is 0 Å². The summed E-state index contributed by atoms with van der Waals surface area (Å²) in [6, 6.07) is 4.08. The van der Waals surface area contributed by atoms with Crippen LogP contribution in [0, 0.1) is 0 Å². The van der Waals surface area contributed by atoms with Gasteiger partial charge in [0.25, 0.3) is 0 Å². The first-order chi connectivity index (χ1) is 7.84. The molecule has 16 heavy (non-hydrogen) atoms. The van der Waals surface area contributed by atoms with Crippen LogP contribution in [0.5, 0.6) is 0 Å². The first-order valence-corrected chi connectivity index (χ1v) is 5.89. The number of hydrogen-bond acceptors (Lipinski definition) is 4. The van der Waals surface area contributed by atoms with Crippen LogP contribution in [0.1, 0.15) is 10.6 Å². The van der Waals surface area contributed by atoms with Gasteiger partial charge < -0.3 is 9.73 Å². The molecule has 0 aliphatic rings. The largest absolute Gasteiger partial charge is 0.451 e. The topological polar surface area (TPSA) is 55.1 Å². The predicted molar refractivity (Wildman–Crippen MR) is 61.2 cm³/mol. The summed E-state index contributed by atoms with van der Waals surface area (Å²) >= 11 is 1.70. The summed E-state index contributed by atoms with van der Waals surface area (Å²) in [5.41, 5.74) is 0.661. The van der Waals surface area contributed by atoms with E-state index >= 15 is 0 Å². The second-order valence-corrected chi connectivity index (χ2v) is 4.37. The highest BCUT2D eigenvalue weighted by molar-refractivity contribution is 7.09. The Morgan fingerprint density at radius 3 is 3.19 bits per heavy atom. The molecular formula is C11H12N2O2S. The van der Waals surface area contributed by atoms with E-state index < -0.39 is 0 Å².